The Morgan fingerprint density at radius 1 is 0.308 bits per heavy atom. The molecule has 6 nitrogen and oxygen atoms in total. The van der Waals surface area contributed by atoms with Crippen molar-refractivity contribution in [1.82, 2.24) is 0 Å². The summed E-state index contributed by atoms with van der Waals surface area (Å²) in [6.45, 7) is 6.47. The van der Waals surface area contributed by atoms with E-state index >= 15 is 0 Å². The summed E-state index contributed by atoms with van der Waals surface area (Å²) in [6, 6.07) is 0. The smallest absolute Gasteiger partial charge is 0.306 e. The highest BCUT2D eigenvalue weighted by Gasteiger charge is 2.19. The molecule has 0 spiro atoms. The zero-order valence-electron chi connectivity index (χ0n) is 43.0. The van der Waals surface area contributed by atoms with Gasteiger partial charge in [0.1, 0.15) is 13.2 Å². The van der Waals surface area contributed by atoms with Crippen molar-refractivity contribution < 1.29 is 28.6 Å². The fourth-order valence-corrected chi connectivity index (χ4v) is 7.78. The Morgan fingerprint density at radius 2 is 0.585 bits per heavy atom. The largest absolute Gasteiger partial charge is 0.462 e. The molecule has 0 saturated heterocycles. The van der Waals surface area contributed by atoms with Crippen molar-refractivity contribution in [3.05, 3.63) is 60.8 Å². The number of unbranched alkanes of at least 4 members (excludes halogenated alkanes) is 29. The van der Waals surface area contributed by atoms with Crippen molar-refractivity contribution >= 4 is 17.9 Å². The number of rotatable bonds is 50. The summed E-state index contributed by atoms with van der Waals surface area (Å²) in [5.41, 5.74) is 0. The Morgan fingerprint density at radius 3 is 0.923 bits per heavy atom. The summed E-state index contributed by atoms with van der Waals surface area (Å²) >= 11 is 0. The number of hydrogen-bond acceptors (Lipinski definition) is 6. The Bertz CT molecular complexity index is 1180. The van der Waals surface area contributed by atoms with E-state index in [4.69, 9.17) is 14.2 Å². The van der Waals surface area contributed by atoms with E-state index in [-0.39, 0.29) is 31.1 Å². The predicted octanol–water partition coefficient (Wildman–Crippen LogP) is 18.4. The van der Waals surface area contributed by atoms with Crippen LogP contribution in [-0.4, -0.2) is 37.2 Å². The van der Waals surface area contributed by atoms with Crippen LogP contribution >= 0.6 is 0 Å². The molecular weight excluding hydrogens is 805 g/mol. The normalized spacial score (nSPS) is 12.5. The van der Waals surface area contributed by atoms with Crippen LogP contribution in [0.15, 0.2) is 60.8 Å². The maximum atomic E-state index is 12.7. The number of allylic oxidation sites excluding steroid dienone is 10. The topological polar surface area (TPSA) is 78.9 Å². The molecule has 65 heavy (non-hydrogen) atoms. The first-order chi connectivity index (χ1) is 32.0. The Kier molecular flexibility index (Phi) is 51.3. The maximum Gasteiger partial charge on any atom is 0.306 e. The van der Waals surface area contributed by atoms with Gasteiger partial charge in [0, 0.05) is 19.3 Å². The minimum atomic E-state index is -0.776. The van der Waals surface area contributed by atoms with E-state index in [0.29, 0.717) is 19.3 Å². The second-order valence-corrected chi connectivity index (χ2v) is 18.5. The van der Waals surface area contributed by atoms with Crippen molar-refractivity contribution in [3.8, 4) is 0 Å². The third-order valence-corrected chi connectivity index (χ3v) is 12.0. The Hall–Kier alpha value is -2.89. The van der Waals surface area contributed by atoms with Crippen LogP contribution in [0.5, 0.6) is 0 Å². The van der Waals surface area contributed by atoms with E-state index in [1.54, 1.807) is 0 Å². The third-order valence-electron chi connectivity index (χ3n) is 12.0. The van der Waals surface area contributed by atoms with Crippen molar-refractivity contribution in [1.29, 1.82) is 0 Å². The van der Waals surface area contributed by atoms with Gasteiger partial charge in [-0.05, 0) is 83.5 Å². The van der Waals surface area contributed by atoms with Crippen LogP contribution < -0.4 is 0 Å². The van der Waals surface area contributed by atoms with Crippen LogP contribution in [0.1, 0.15) is 278 Å². The molecule has 0 aromatic carbocycles. The molecule has 0 aromatic rings. The zero-order chi connectivity index (χ0) is 47.2. The maximum absolute atomic E-state index is 12.7. The van der Waals surface area contributed by atoms with Gasteiger partial charge in [-0.25, -0.2) is 0 Å². The van der Waals surface area contributed by atoms with E-state index in [1.807, 2.05) is 0 Å². The van der Waals surface area contributed by atoms with Crippen LogP contribution in [0.25, 0.3) is 0 Å². The molecule has 1 unspecified atom stereocenters. The quantitative estimate of drug-likeness (QED) is 0.0262. The molecule has 376 valence electrons. The summed E-state index contributed by atoms with van der Waals surface area (Å²) in [7, 11) is 0. The van der Waals surface area contributed by atoms with Gasteiger partial charge in [0.15, 0.2) is 6.10 Å². The van der Waals surface area contributed by atoms with Crippen molar-refractivity contribution in [2.75, 3.05) is 13.2 Å². The van der Waals surface area contributed by atoms with Gasteiger partial charge >= 0.3 is 17.9 Å². The molecule has 0 aliphatic rings. The molecule has 0 heterocycles. The standard InChI is InChI=1S/C59H104O6/c1-4-7-10-13-15-17-19-21-22-23-24-25-26-27-28-29-30-31-32-33-34-35-36-38-39-41-43-46-49-52-58(61)64-55-56(54-63-57(60)51-48-45-12-9-6-3)65-59(62)53-50-47-44-42-40-37-20-18-16-14-11-8-5-2/h11,14,18-21,23-24,26-27,56H,4-10,12-13,15-17,22,25,28-55H2,1-3H3/b14-11-,20-18-,21-19-,24-23-,27-26-. The molecule has 0 rings (SSSR count). The third kappa shape index (κ3) is 51.9. The molecule has 0 amide bonds. The lowest BCUT2D eigenvalue weighted by molar-refractivity contribution is -0.167. The first-order valence-corrected chi connectivity index (χ1v) is 27.8. The number of ether oxygens (including phenoxy) is 3. The zero-order valence-corrected chi connectivity index (χ0v) is 43.0. The number of carbonyl (C=O) groups excluding carboxylic acids is 3. The lowest BCUT2D eigenvalue weighted by atomic mass is 10.0. The summed E-state index contributed by atoms with van der Waals surface area (Å²) in [4.78, 5) is 37.7. The van der Waals surface area contributed by atoms with Gasteiger partial charge in [-0.1, -0.05) is 236 Å². The molecule has 0 radical (unpaired) electrons. The number of esters is 3. The van der Waals surface area contributed by atoms with Crippen LogP contribution in [0.2, 0.25) is 0 Å². The van der Waals surface area contributed by atoms with E-state index in [9.17, 15) is 14.4 Å². The Labute approximate surface area is 402 Å². The highest BCUT2D eigenvalue weighted by Crippen LogP contribution is 2.15. The molecule has 6 heteroatoms. The lowest BCUT2D eigenvalue weighted by Crippen LogP contribution is -2.30. The molecule has 0 saturated carbocycles. The molecule has 0 bridgehead atoms. The fraction of sp³-hybridized carbons (Fsp3) is 0.780. The summed E-state index contributed by atoms with van der Waals surface area (Å²) < 4.78 is 16.7. The van der Waals surface area contributed by atoms with E-state index in [0.717, 1.165) is 109 Å². The Balaban J connectivity index is 3.99. The molecule has 0 aromatic heterocycles. The summed E-state index contributed by atoms with van der Waals surface area (Å²) in [6.07, 6.45) is 66.9. The van der Waals surface area contributed by atoms with Gasteiger partial charge < -0.3 is 14.2 Å². The summed E-state index contributed by atoms with van der Waals surface area (Å²) in [5, 5.41) is 0. The highest BCUT2D eigenvalue weighted by atomic mass is 16.6. The van der Waals surface area contributed by atoms with Crippen molar-refractivity contribution in [2.45, 2.75) is 284 Å². The summed E-state index contributed by atoms with van der Waals surface area (Å²) in [5.74, 6) is -0.904. The molecule has 0 aliphatic carbocycles. The lowest BCUT2D eigenvalue weighted by Gasteiger charge is -2.18. The monoisotopic (exact) mass is 909 g/mol. The van der Waals surface area contributed by atoms with Gasteiger partial charge in [-0.2, -0.15) is 0 Å². The van der Waals surface area contributed by atoms with E-state index < -0.39 is 6.10 Å². The molecule has 0 fully saturated rings. The average molecular weight is 909 g/mol. The van der Waals surface area contributed by atoms with Crippen LogP contribution in [0.3, 0.4) is 0 Å². The van der Waals surface area contributed by atoms with Gasteiger partial charge in [0.05, 0.1) is 0 Å². The van der Waals surface area contributed by atoms with Crippen LogP contribution in [0, 0.1) is 0 Å². The van der Waals surface area contributed by atoms with Gasteiger partial charge in [-0.15, -0.1) is 0 Å². The minimum absolute atomic E-state index is 0.0792. The van der Waals surface area contributed by atoms with Gasteiger partial charge in [0.2, 0.25) is 0 Å². The molecule has 0 aliphatic heterocycles. The number of carbonyl (C=O) groups is 3. The fourth-order valence-electron chi connectivity index (χ4n) is 7.78. The van der Waals surface area contributed by atoms with E-state index in [2.05, 4.69) is 81.5 Å². The van der Waals surface area contributed by atoms with Gasteiger partial charge in [0.25, 0.3) is 0 Å². The molecule has 0 N–H and O–H groups in total. The van der Waals surface area contributed by atoms with Crippen LogP contribution in [0.4, 0.5) is 0 Å². The minimum Gasteiger partial charge on any atom is -0.462 e. The predicted molar refractivity (Wildman–Crippen MR) is 279 cm³/mol. The second kappa shape index (κ2) is 53.7. The SMILES string of the molecule is CCC/C=C\C/C=C\CCCCCCCC(=O)OC(COC(=O)CCCCCCC)COC(=O)CCCCCCCCCCCCCCCC/C=C\C/C=C\C/C=C\CCCCCCC. The average Bonchev–Trinajstić information content (AvgIpc) is 3.30. The van der Waals surface area contributed by atoms with Crippen molar-refractivity contribution in [2.24, 2.45) is 0 Å². The van der Waals surface area contributed by atoms with Crippen LogP contribution in [-0.2, 0) is 28.6 Å². The first-order valence-electron chi connectivity index (χ1n) is 27.8. The molecular formula is C59H104O6. The van der Waals surface area contributed by atoms with Gasteiger partial charge in [-0.3, -0.25) is 14.4 Å². The van der Waals surface area contributed by atoms with E-state index in [1.165, 1.54) is 128 Å². The first kappa shape index (κ1) is 62.1. The highest BCUT2D eigenvalue weighted by molar-refractivity contribution is 5.71. The molecule has 1 atom stereocenters. The van der Waals surface area contributed by atoms with Crippen molar-refractivity contribution in [3.63, 3.8) is 0 Å². The number of hydrogen-bond donors (Lipinski definition) is 0. The second-order valence-electron chi connectivity index (χ2n) is 18.5.